The second-order valence-corrected chi connectivity index (χ2v) is 9.35. The summed E-state index contributed by atoms with van der Waals surface area (Å²) in [5.41, 5.74) is 2.91. The lowest BCUT2D eigenvalue weighted by molar-refractivity contribution is 0.0678. The Hall–Kier alpha value is -3.28. The molecule has 166 valence electrons. The molecule has 0 aromatic heterocycles. The van der Waals surface area contributed by atoms with E-state index >= 15 is 0 Å². The topological polar surface area (TPSA) is 57.6 Å². The van der Waals surface area contributed by atoms with Crippen LogP contribution >= 0.6 is 0 Å². The summed E-state index contributed by atoms with van der Waals surface area (Å²) in [5.74, 6) is -2.89. The van der Waals surface area contributed by atoms with Crippen LogP contribution in [0.4, 0.5) is 8.78 Å². The molecular formula is C26H25F2NO3. The molecule has 2 aromatic rings. The Labute approximate surface area is 185 Å². The second-order valence-electron chi connectivity index (χ2n) is 9.35. The highest BCUT2D eigenvalue weighted by Crippen LogP contribution is 2.55. The number of aromatic carboxylic acids is 1. The summed E-state index contributed by atoms with van der Waals surface area (Å²) in [6.07, 6.45) is 4.90. The predicted molar refractivity (Wildman–Crippen MR) is 118 cm³/mol. The van der Waals surface area contributed by atoms with Gasteiger partial charge >= 0.3 is 5.97 Å². The first kappa shape index (κ1) is 21.9. The number of hydrogen-bond acceptors (Lipinski definition) is 2. The number of carboxylic acids is 1. The van der Waals surface area contributed by atoms with Crippen LogP contribution in [-0.4, -0.2) is 35.0 Å². The zero-order chi connectivity index (χ0) is 23.3. The Bertz CT molecular complexity index is 1140. The molecule has 1 amide bonds. The van der Waals surface area contributed by atoms with Crippen LogP contribution in [0.25, 0.3) is 5.57 Å². The van der Waals surface area contributed by atoms with Gasteiger partial charge in [0.15, 0.2) is 0 Å². The third-order valence-electron chi connectivity index (χ3n) is 6.65. The number of halogens is 2. The van der Waals surface area contributed by atoms with Gasteiger partial charge in [0.1, 0.15) is 11.6 Å². The fraction of sp³-hybridized carbons (Fsp3) is 0.308. The number of amides is 1. The third kappa shape index (κ3) is 3.74. The van der Waals surface area contributed by atoms with E-state index in [1.807, 2.05) is 12.1 Å². The number of carbonyl (C=O) groups excluding carboxylic acids is 1. The molecule has 0 saturated heterocycles. The summed E-state index contributed by atoms with van der Waals surface area (Å²) >= 11 is 0. The van der Waals surface area contributed by atoms with E-state index in [2.05, 4.69) is 32.9 Å². The molecule has 6 heteroatoms. The zero-order valence-electron chi connectivity index (χ0n) is 18.3. The monoisotopic (exact) mass is 437 g/mol. The summed E-state index contributed by atoms with van der Waals surface area (Å²) in [6, 6.07) is 9.76. The van der Waals surface area contributed by atoms with Crippen molar-refractivity contribution in [1.29, 1.82) is 0 Å². The molecule has 32 heavy (non-hydrogen) atoms. The molecule has 1 heterocycles. The number of nitrogens with zero attached hydrogens (tertiary/aromatic N) is 1. The van der Waals surface area contributed by atoms with Gasteiger partial charge in [-0.15, -0.1) is 0 Å². The average Bonchev–Trinajstić information content (AvgIpc) is 2.72. The van der Waals surface area contributed by atoms with Crippen LogP contribution in [0, 0.1) is 22.5 Å². The van der Waals surface area contributed by atoms with E-state index in [9.17, 15) is 18.4 Å². The Morgan fingerprint density at radius 1 is 0.938 bits per heavy atom. The van der Waals surface area contributed by atoms with Crippen LogP contribution in [0.1, 0.15) is 53.5 Å². The van der Waals surface area contributed by atoms with Crippen LogP contribution in [0.5, 0.6) is 0 Å². The molecule has 0 radical (unpaired) electrons. The number of hydrogen-bond donors (Lipinski definition) is 1. The van der Waals surface area contributed by atoms with Crippen molar-refractivity contribution in [2.24, 2.45) is 10.8 Å². The van der Waals surface area contributed by atoms with Crippen LogP contribution in [0.2, 0.25) is 0 Å². The molecule has 1 aliphatic heterocycles. The number of benzene rings is 2. The first-order valence-corrected chi connectivity index (χ1v) is 10.5. The molecule has 1 N–H and O–H groups in total. The minimum Gasteiger partial charge on any atom is -0.478 e. The summed E-state index contributed by atoms with van der Waals surface area (Å²) in [4.78, 5) is 25.8. The summed E-state index contributed by atoms with van der Waals surface area (Å²) in [5, 5.41) is 9.16. The van der Waals surface area contributed by atoms with E-state index in [0.717, 1.165) is 29.3 Å². The second kappa shape index (κ2) is 7.69. The zero-order valence-corrected chi connectivity index (χ0v) is 18.3. The van der Waals surface area contributed by atoms with Crippen molar-refractivity contribution in [2.75, 3.05) is 13.1 Å². The minimum atomic E-state index is -0.959. The van der Waals surface area contributed by atoms with Gasteiger partial charge in [0.2, 0.25) is 0 Å². The Morgan fingerprint density at radius 2 is 1.56 bits per heavy atom. The van der Waals surface area contributed by atoms with Gasteiger partial charge in [-0.2, -0.15) is 0 Å². The number of carbonyl (C=O) groups is 2. The van der Waals surface area contributed by atoms with Crippen molar-refractivity contribution < 1.29 is 23.5 Å². The quantitative estimate of drug-likeness (QED) is 0.639. The first-order chi connectivity index (χ1) is 15.0. The highest BCUT2D eigenvalue weighted by atomic mass is 19.1. The van der Waals surface area contributed by atoms with Crippen LogP contribution < -0.4 is 0 Å². The Kier molecular flexibility index (Phi) is 5.27. The number of fused-ring (bicyclic) bond motifs is 1. The molecule has 4 nitrogen and oxygen atoms in total. The SMILES string of the molecule is CC1(C)C(c2ccc(C(=O)O)cc2)=CC[C@]2(C)CN(C(=O)c3cc(F)cc(F)c3)CC=C12. The van der Waals surface area contributed by atoms with Crippen molar-refractivity contribution in [3.63, 3.8) is 0 Å². The molecule has 0 bridgehead atoms. The molecule has 1 aliphatic carbocycles. The number of carboxylic acid groups (broad SMARTS) is 1. The summed E-state index contributed by atoms with van der Waals surface area (Å²) in [6.45, 7) is 7.17. The van der Waals surface area contributed by atoms with Crippen LogP contribution in [0.3, 0.4) is 0 Å². The summed E-state index contributed by atoms with van der Waals surface area (Å²) < 4.78 is 27.2. The van der Waals surface area contributed by atoms with Gasteiger partial charge in [0.25, 0.3) is 5.91 Å². The maximum atomic E-state index is 13.6. The molecule has 0 unspecified atom stereocenters. The van der Waals surface area contributed by atoms with E-state index in [-0.39, 0.29) is 22.0 Å². The van der Waals surface area contributed by atoms with Crippen molar-refractivity contribution >= 4 is 17.4 Å². The van der Waals surface area contributed by atoms with Gasteiger partial charge in [0.05, 0.1) is 5.56 Å². The van der Waals surface area contributed by atoms with Crippen molar-refractivity contribution in [1.82, 2.24) is 4.90 Å². The van der Waals surface area contributed by atoms with Gasteiger partial charge in [-0.1, -0.05) is 50.6 Å². The van der Waals surface area contributed by atoms with Crippen molar-refractivity contribution in [3.8, 4) is 0 Å². The molecule has 2 aliphatic rings. The van der Waals surface area contributed by atoms with Gasteiger partial charge in [-0.25, -0.2) is 13.6 Å². The predicted octanol–water partition coefficient (Wildman–Crippen LogP) is 5.57. The molecule has 0 spiro atoms. The standard InChI is InChI=1S/C26H25F2NO3/c1-25(2)21(16-4-6-17(7-5-16)24(31)32)8-10-26(3)15-29(11-9-22(25)26)23(30)18-12-19(27)14-20(28)13-18/h4-9,12-14H,10-11,15H2,1-3H3,(H,31,32)/t26-/m1/s1. The largest absolute Gasteiger partial charge is 0.478 e. The third-order valence-corrected chi connectivity index (χ3v) is 6.65. The van der Waals surface area contributed by atoms with Gasteiger partial charge in [-0.3, -0.25) is 4.79 Å². The first-order valence-electron chi connectivity index (χ1n) is 10.5. The van der Waals surface area contributed by atoms with Crippen LogP contribution in [-0.2, 0) is 0 Å². The Balaban J connectivity index is 1.63. The lowest BCUT2D eigenvalue weighted by Gasteiger charge is -2.50. The number of rotatable bonds is 3. The highest BCUT2D eigenvalue weighted by Gasteiger charge is 2.46. The van der Waals surface area contributed by atoms with E-state index in [4.69, 9.17) is 5.11 Å². The fourth-order valence-corrected chi connectivity index (χ4v) is 5.22. The van der Waals surface area contributed by atoms with Gasteiger partial charge < -0.3 is 10.0 Å². The molecule has 4 rings (SSSR count). The highest BCUT2D eigenvalue weighted by molar-refractivity contribution is 5.94. The summed E-state index contributed by atoms with van der Waals surface area (Å²) in [7, 11) is 0. The molecule has 0 fully saturated rings. The maximum absolute atomic E-state index is 13.6. The van der Waals surface area contributed by atoms with E-state index in [1.54, 1.807) is 17.0 Å². The normalized spacial score (nSPS) is 22.0. The fourth-order valence-electron chi connectivity index (χ4n) is 5.22. The van der Waals surface area contributed by atoms with E-state index < -0.39 is 23.5 Å². The molecule has 1 atom stereocenters. The number of allylic oxidation sites excluding steroid dienone is 2. The smallest absolute Gasteiger partial charge is 0.335 e. The van der Waals surface area contributed by atoms with Gasteiger partial charge in [0, 0.05) is 35.5 Å². The lowest BCUT2D eigenvalue weighted by atomic mass is 9.58. The van der Waals surface area contributed by atoms with Crippen LogP contribution in [0.15, 0.2) is 60.2 Å². The maximum Gasteiger partial charge on any atom is 0.335 e. The molecular weight excluding hydrogens is 412 g/mol. The van der Waals surface area contributed by atoms with Crippen molar-refractivity contribution in [3.05, 3.63) is 88.5 Å². The van der Waals surface area contributed by atoms with E-state index in [0.29, 0.717) is 19.5 Å². The molecule has 0 saturated carbocycles. The average molecular weight is 437 g/mol. The van der Waals surface area contributed by atoms with Gasteiger partial charge in [-0.05, 0) is 41.8 Å². The van der Waals surface area contributed by atoms with Crippen molar-refractivity contribution in [2.45, 2.75) is 27.2 Å². The van der Waals surface area contributed by atoms with E-state index in [1.165, 1.54) is 5.57 Å². The lowest BCUT2D eigenvalue weighted by Crippen LogP contribution is -2.48. The minimum absolute atomic E-state index is 0.00720. The molecule has 2 aromatic carbocycles. The Morgan fingerprint density at radius 3 is 2.16 bits per heavy atom.